The van der Waals surface area contributed by atoms with Crippen molar-refractivity contribution >= 4 is 5.84 Å². The van der Waals surface area contributed by atoms with Gasteiger partial charge in [0.25, 0.3) is 0 Å². The molecule has 1 aliphatic carbocycles. The largest absolute Gasteiger partial charge is 0.409 e. The molecule has 0 aromatic heterocycles. The molecule has 0 radical (unpaired) electrons. The molecule has 0 saturated heterocycles. The lowest BCUT2D eigenvalue weighted by Crippen LogP contribution is -2.49. The summed E-state index contributed by atoms with van der Waals surface area (Å²) in [6.45, 7) is 4.27. The minimum atomic E-state index is 0.0144. The Morgan fingerprint density at radius 1 is 1.47 bits per heavy atom. The summed E-state index contributed by atoms with van der Waals surface area (Å²) in [5.41, 5.74) is 5.63. The van der Waals surface area contributed by atoms with E-state index in [4.69, 9.17) is 10.9 Å². The summed E-state index contributed by atoms with van der Waals surface area (Å²) in [6, 6.07) is 0.578. The highest BCUT2D eigenvalue weighted by Gasteiger charge is 2.28. The van der Waals surface area contributed by atoms with Crippen LogP contribution in [0.1, 0.15) is 39.5 Å². The average Bonchev–Trinajstić information content (AvgIpc) is 2.26. The van der Waals surface area contributed by atoms with Crippen molar-refractivity contribution < 1.29 is 5.21 Å². The molecule has 3 atom stereocenters. The molecule has 0 bridgehead atoms. The van der Waals surface area contributed by atoms with Crippen molar-refractivity contribution in [3.8, 4) is 0 Å². The van der Waals surface area contributed by atoms with Crippen LogP contribution in [-0.4, -0.2) is 35.1 Å². The first-order valence-corrected chi connectivity index (χ1v) is 5.77. The first-order chi connectivity index (χ1) is 7.07. The van der Waals surface area contributed by atoms with Crippen LogP contribution in [0.4, 0.5) is 0 Å². The van der Waals surface area contributed by atoms with Gasteiger partial charge in [-0.15, -0.1) is 0 Å². The Morgan fingerprint density at radius 3 is 2.60 bits per heavy atom. The molecule has 1 fully saturated rings. The first kappa shape index (κ1) is 12.3. The number of amidine groups is 1. The van der Waals surface area contributed by atoms with Gasteiger partial charge in [0.15, 0.2) is 5.84 Å². The molecule has 1 saturated carbocycles. The number of oxime groups is 1. The summed E-state index contributed by atoms with van der Waals surface area (Å²) in [7, 11) is 2.06. The fourth-order valence-electron chi connectivity index (χ4n) is 2.48. The van der Waals surface area contributed by atoms with Gasteiger partial charge in [0.05, 0.1) is 6.04 Å². The molecule has 4 heteroatoms. The molecular weight excluding hydrogens is 190 g/mol. The van der Waals surface area contributed by atoms with Crippen LogP contribution >= 0.6 is 0 Å². The van der Waals surface area contributed by atoms with Crippen LogP contribution < -0.4 is 5.73 Å². The summed E-state index contributed by atoms with van der Waals surface area (Å²) in [4.78, 5) is 2.24. The van der Waals surface area contributed by atoms with Crippen molar-refractivity contribution in [2.24, 2.45) is 16.8 Å². The smallest absolute Gasteiger partial charge is 0.156 e. The Balaban J connectivity index is 2.61. The van der Waals surface area contributed by atoms with E-state index in [9.17, 15) is 0 Å². The van der Waals surface area contributed by atoms with Gasteiger partial charge in [-0.25, -0.2) is 0 Å². The predicted octanol–water partition coefficient (Wildman–Crippen LogP) is 1.63. The zero-order valence-electron chi connectivity index (χ0n) is 9.98. The summed E-state index contributed by atoms with van der Waals surface area (Å²) in [5.74, 6) is 1.01. The van der Waals surface area contributed by atoms with E-state index in [1.165, 1.54) is 25.7 Å². The average molecular weight is 213 g/mol. The highest BCUT2D eigenvalue weighted by molar-refractivity contribution is 5.84. The van der Waals surface area contributed by atoms with Gasteiger partial charge >= 0.3 is 0 Å². The van der Waals surface area contributed by atoms with E-state index >= 15 is 0 Å². The fourth-order valence-corrected chi connectivity index (χ4v) is 2.48. The molecule has 15 heavy (non-hydrogen) atoms. The Morgan fingerprint density at radius 2 is 2.07 bits per heavy atom. The molecule has 1 aliphatic rings. The van der Waals surface area contributed by atoms with E-state index in [1.807, 2.05) is 6.92 Å². The fraction of sp³-hybridized carbons (Fsp3) is 0.909. The van der Waals surface area contributed by atoms with Crippen LogP contribution in [0, 0.1) is 5.92 Å². The van der Waals surface area contributed by atoms with Crippen molar-refractivity contribution in [3.05, 3.63) is 0 Å². The highest BCUT2D eigenvalue weighted by atomic mass is 16.4. The third-order valence-electron chi connectivity index (χ3n) is 3.74. The molecule has 1 rings (SSSR count). The lowest BCUT2D eigenvalue weighted by molar-refractivity contribution is 0.125. The maximum absolute atomic E-state index is 8.65. The Kier molecular flexibility index (Phi) is 4.39. The van der Waals surface area contributed by atoms with Crippen molar-refractivity contribution in [1.82, 2.24) is 4.90 Å². The second kappa shape index (κ2) is 5.35. The van der Waals surface area contributed by atoms with E-state index in [1.54, 1.807) is 0 Å². The Bertz CT molecular complexity index is 230. The van der Waals surface area contributed by atoms with Crippen LogP contribution in [0.2, 0.25) is 0 Å². The molecule has 0 heterocycles. The molecule has 3 N–H and O–H groups in total. The SMILES string of the molecule is CC1CCCCC1N(C)C(C)C(N)=NO. The lowest BCUT2D eigenvalue weighted by atomic mass is 9.84. The lowest BCUT2D eigenvalue weighted by Gasteiger charge is -2.39. The molecule has 0 aliphatic heterocycles. The van der Waals surface area contributed by atoms with E-state index in [-0.39, 0.29) is 6.04 Å². The Labute approximate surface area is 92.1 Å². The van der Waals surface area contributed by atoms with Crippen LogP contribution in [0.25, 0.3) is 0 Å². The van der Waals surface area contributed by atoms with E-state index < -0.39 is 0 Å². The number of hydrogen-bond acceptors (Lipinski definition) is 3. The van der Waals surface area contributed by atoms with Gasteiger partial charge in [-0.2, -0.15) is 0 Å². The predicted molar refractivity (Wildman–Crippen MR) is 62.1 cm³/mol. The zero-order valence-corrected chi connectivity index (χ0v) is 9.98. The standard InChI is InChI=1S/C11H23N3O/c1-8-6-4-5-7-10(8)14(3)9(2)11(12)13-15/h8-10,15H,4-7H2,1-3H3,(H2,12,13). The third-order valence-corrected chi connectivity index (χ3v) is 3.74. The van der Waals surface area contributed by atoms with Crippen LogP contribution in [0.5, 0.6) is 0 Å². The van der Waals surface area contributed by atoms with Gasteiger partial charge < -0.3 is 10.9 Å². The number of nitrogens with zero attached hydrogens (tertiary/aromatic N) is 2. The van der Waals surface area contributed by atoms with E-state index in [2.05, 4.69) is 24.0 Å². The summed E-state index contributed by atoms with van der Waals surface area (Å²) in [6.07, 6.45) is 5.14. The third kappa shape index (κ3) is 2.84. The molecule has 4 nitrogen and oxygen atoms in total. The van der Waals surface area contributed by atoms with Gasteiger partial charge in [-0.3, -0.25) is 4.90 Å². The molecule has 3 unspecified atom stereocenters. The van der Waals surface area contributed by atoms with Crippen molar-refractivity contribution in [3.63, 3.8) is 0 Å². The quantitative estimate of drug-likeness (QED) is 0.324. The topological polar surface area (TPSA) is 61.8 Å². The van der Waals surface area contributed by atoms with Crippen molar-refractivity contribution in [1.29, 1.82) is 0 Å². The van der Waals surface area contributed by atoms with Gasteiger partial charge in [0.2, 0.25) is 0 Å². The zero-order chi connectivity index (χ0) is 11.4. The summed E-state index contributed by atoms with van der Waals surface area (Å²) < 4.78 is 0. The van der Waals surface area contributed by atoms with E-state index in [0.29, 0.717) is 17.8 Å². The molecule has 0 aromatic rings. The van der Waals surface area contributed by atoms with Gasteiger partial charge in [-0.1, -0.05) is 24.9 Å². The van der Waals surface area contributed by atoms with Crippen LogP contribution in [-0.2, 0) is 0 Å². The van der Waals surface area contributed by atoms with Crippen molar-refractivity contribution in [2.75, 3.05) is 7.05 Å². The number of nitrogens with two attached hydrogens (primary N) is 1. The highest BCUT2D eigenvalue weighted by Crippen LogP contribution is 2.28. The molecule has 0 spiro atoms. The molecule has 0 amide bonds. The normalized spacial score (nSPS) is 30.5. The van der Waals surface area contributed by atoms with Gasteiger partial charge in [-0.05, 0) is 32.7 Å². The molecule has 88 valence electrons. The Hall–Kier alpha value is -0.770. The second-order valence-corrected chi connectivity index (χ2v) is 4.70. The summed E-state index contributed by atoms with van der Waals surface area (Å²) >= 11 is 0. The minimum Gasteiger partial charge on any atom is -0.409 e. The van der Waals surface area contributed by atoms with Crippen LogP contribution in [0.3, 0.4) is 0 Å². The van der Waals surface area contributed by atoms with Crippen molar-refractivity contribution in [2.45, 2.75) is 51.6 Å². The second-order valence-electron chi connectivity index (χ2n) is 4.70. The minimum absolute atomic E-state index is 0.0144. The molecular formula is C11H23N3O. The van der Waals surface area contributed by atoms with E-state index in [0.717, 1.165) is 0 Å². The van der Waals surface area contributed by atoms with Gasteiger partial charge in [0, 0.05) is 6.04 Å². The maximum atomic E-state index is 8.65. The maximum Gasteiger partial charge on any atom is 0.156 e. The monoisotopic (exact) mass is 213 g/mol. The summed E-state index contributed by atoms with van der Waals surface area (Å²) in [5, 5.41) is 11.7. The molecule has 0 aromatic carbocycles. The number of likely N-dealkylation sites (N-methyl/N-ethyl adjacent to an activating group) is 1. The van der Waals surface area contributed by atoms with Crippen LogP contribution in [0.15, 0.2) is 5.16 Å². The first-order valence-electron chi connectivity index (χ1n) is 5.77. The number of hydrogen-bond donors (Lipinski definition) is 2. The number of rotatable bonds is 3. The van der Waals surface area contributed by atoms with Gasteiger partial charge in [0.1, 0.15) is 0 Å².